The molecule has 0 unspecified atom stereocenters. The van der Waals surface area contributed by atoms with Gasteiger partial charge in [-0.05, 0) is 35.4 Å². The minimum Gasteiger partial charge on any atom is -0.490 e. The summed E-state index contributed by atoms with van der Waals surface area (Å²) in [5.74, 6) is 1.66. The van der Waals surface area contributed by atoms with Gasteiger partial charge in [0.2, 0.25) is 6.23 Å². The van der Waals surface area contributed by atoms with Crippen LogP contribution in [0.2, 0.25) is 0 Å². The zero-order valence-electron chi connectivity index (χ0n) is 15.0. The minimum absolute atomic E-state index is 0.147. The van der Waals surface area contributed by atoms with Crippen molar-refractivity contribution in [1.82, 2.24) is 5.01 Å². The number of nitrogens with zero attached hydrogens (tertiary/aromatic N) is 2. The fraction of sp³-hybridized carbons (Fsp3) is 0.227. The summed E-state index contributed by atoms with van der Waals surface area (Å²) in [6.07, 6.45) is 0.618. The number of ether oxygens (including phenoxy) is 2. The van der Waals surface area contributed by atoms with Crippen LogP contribution in [0.1, 0.15) is 42.3 Å². The summed E-state index contributed by atoms with van der Waals surface area (Å²) >= 11 is 1.67. The van der Waals surface area contributed by atoms with Crippen LogP contribution in [-0.2, 0) is 0 Å². The lowest BCUT2D eigenvalue weighted by molar-refractivity contribution is -0.0209. The van der Waals surface area contributed by atoms with Crippen molar-refractivity contribution < 1.29 is 9.47 Å². The molecule has 1 aromatic heterocycles. The van der Waals surface area contributed by atoms with Gasteiger partial charge < -0.3 is 9.47 Å². The van der Waals surface area contributed by atoms with E-state index in [9.17, 15) is 0 Å². The van der Waals surface area contributed by atoms with Crippen LogP contribution in [0.4, 0.5) is 0 Å². The zero-order chi connectivity index (χ0) is 18.2. The second kappa shape index (κ2) is 6.74. The predicted molar refractivity (Wildman–Crippen MR) is 107 cm³/mol. The van der Waals surface area contributed by atoms with Crippen molar-refractivity contribution in [2.24, 2.45) is 5.10 Å². The maximum atomic E-state index is 6.46. The van der Waals surface area contributed by atoms with Gasteiger partial charge in [-0.15, -0.1) is 0 Å². The molecule has 2 aliphatic heterocycles. The number of para-hydroxylation sites is 1. The molecule has 0 N–H and O–H groups in total. The van der Waals surface area contributed by atoms with Crippen LogP contribution >= 0.6 is 11.3 Å². The normalized spacial score (nSPS) is 20.5. The Labute approximate surface area is 162 Å². The van der Waals surface area contributed by atoms with Gasteiger partial charge in [-0.1, -0.05) is 42.5 Å². The van der Waals surface area contributed by atoms with Gasteiger partial charge in [-0.3, -0.25) is 0 Å². The summed E-state index contributed by atoms with van der Waals surface area (Å²) < 4.78 is 12.3. The molecule has 5 rings (SSSR count). The Morgan fingerprint density at radius 2 is 2.04 bits per heavy atom. The van der Waals surface area contributed by atoms with E-state index in [1.54, 1.807) is 11.3 Å². The molecule has 4 nitrogen and oxygen atoms in total. The first-order valence-electron chi connectivity index (χ1n) is 9.21. The number of rotatable bonds is 4. The molecule has 136 valence electrons. The minimum atomic E-state index is -0.239. The van der Waals surface area contributed by atoms with Crippen LogP contribution in [-0.4, -0.2) is 17.3 Å². The van der Waals surface area contributed by atoms with Crippen molar-refractivity contribution in [3.63, 3.8) is 0 Å². The van der Waals surface area contributed by atoms with E-state index in [1.165, 1.54) is 5.56 Å². The molecule has 0 radical (unpaired) electrons. The average molecular weight is 376 g/mol. The van der Waals surface area contributed by atoms with Gasteiger partial charge in [0.15, 0.2) is 11.5 Å². The van der Waals surface area contributed by atoms with Crippen molar-refractivity contribution >= 4 is 17.0 Å². The number of hydrogen-bond donors (Lipinski definition) is 0. The van der Waals surface area contributed by atoms with Crippen LogP contribution in [0.3, 0.4) is 0 Å². The maximum absolute atomic E-state index is 6.46. The van der Waals surface area contributed by atoms with Gasteiger partial charge in [-0.25, -0.2) is 5.01 Å². The van der Waals surface area contributed by atoms with Gasteiger partial charge in [0, 0.05) is 17.5 Å². The van der Waals surface area contributed by atoms with Gasteiger partial charge in [0.05, 0.1) is 18.4 Å². The first kappa shape index (κ1) is 16.4. The highest BCUT2D eigenvalue weighted by molar-refractivity contribution is 7.07. The molecule has 3 aromatic rings. The second-order valence-corrected chi connectivity index (χ2v) is 7.43. The van der Waals surface area contributed by atoms with E-state index >= 15 is 0 Å². The highest BCUT2D eigenvalue weighted by atomic mass is 32.1. The molecule has 2 atom stereocenters. The topological polar surface area (TPSA) is 34.1 Å². The highest BCUT2D eigenvalue weighted by Gasteiger charge is 2.42. The quantitative estimate of drug-likeness (QED) is 0.612. The SMILES string of the molecule is CCOc1cccc2c1O[C@H](c1ccsc1)N1N=C(c3ccccc3)C[C@@H]21. The predicted octanol–water partition coefficient (Wildman–Crippen LogP) is 5.39. The molecular formula is C22H20N2O2S. The Morgan fingerprint density at radius 1 is 1.15 bits per heavy atom. The summed E-state index contributed by atoms with van der Waals surface area (Å²) in [5, 5.41) is 11.3. The van der Waals surface area contributed by atoms with Crippen molar-refractivity contribution in [3.8, 4) is 11.5 Å². The van der Waals surface area contributed by atoms with E-state index in [-0.39, 0.29) is 12.3 Å². The molecular weight excluding hydrogens is 356 g/mol. The van der Waals surface area contributed by atoms with Crippen LogP contribution in [0.25, 0.3) is 0 Å². The molecule has 0 saturated heterocycles. The summed E-state index contributed by atoms with van der Waals surface area (Å²) in [6, 6.07) is 18.8. The Balaban J connectivity index is 1.61. The van der Waals surface area contributed by atoms with Crippen molar-refractivity contribution in [1.29, 1.82) is 0 Å². The van der Waals surface area contributed by atoms with E-state index in [1.807, 2.05) is 25.1 Å². The van der Waals surface area contributed by atoms with Crippen molar-refractivity contribution in [2.45, 2.75) is 25.6 Å². The number of fused-ring (bicyclic) bond motifs is 3. The monoisotopic (exact) mass is 376 g/mol. The van der Waals surface area contributed by atoms with E-state index in [0.29, 0.717) is 6.61 Å². The van der Waals surface area contributed by atoms with Gasteiger partial charge in [0.1, 0.15) is 0 Å². The van der Waals surface area contributed by atoms with Crippen molar-refractivity contribution in [3.05, 3.63) is 82.0 Å². The summed E-state index contributed by atoms with van der Waals surface area (Å²) in [6.45, 7) is 2.61. The number of benzene rings is 2. The van der Waals surface area contributed by atoms with Crippen LogP contribution in [0, 0.1) is 0 Å². The Bertz CT molecular complexity index is 969. The fourth-order valence-electron chi connectivity index (χ4n) is 3.79. The molecule has 2 aromatic carbocycles. The van der Waals surface area contributed by atoms with Crippen molar-refractivity contribution in [2.75, 3.05) is 6.61 Å². The van der Waals surface area contributed by atoms with Crippen LogP contribution in [0.15, 0.2) is 70.5 Å². The molecule has 5 heteroatoms. The molecule has 2 aliphatic rings. The summed E-state index contributed by atoms with van der Waals surface area (Å²) in [4.78, 5) is 0. The molecule has 0 saturated carbocycles. The maximum Gasteiger partial charge on any atom is 0.214 e. The lowest BCUT2D eigenvalue weighted by Crippen LogP contribution is -2.33. The third-order valence-electron chi connectivity index (χ3n) is 5.02. The third kappa shape index (κ3) is 2.79. The molecule has 0 amide bonds. The largest absolute Gasteiger partial charge is 0.490 e. The molecule has 0 aliphatic carbocycles. The highest BCUT2D eigenvalue weighted by Crippen LogP contribution is 2.50. The standard InChI is InChI=1S/C22H20N2O2S/c1-2-25-20-10-6-9-17-19-13-18(15-7-4-3-5-8-15)23-24(19)22(26-21(17)20)16-11-12-27-14-16/h3-12,14,19,22H,2,13H2,1H3/t19-,22+/m0/s1. The summed E-state index contributed by atoms with van der Waals surface area (Å²) in [7, 11) is 0. The second-order valence-electron chi connectivity index (χ2n) is 6.65. The Kier molecular flexibility index (Phi) is 4.09. The van der Waals surface area contributed by atoms with E-state index in [4.69, 9.17) is 14.6 Å². The summed E-state index contributed by atoms with van der Waals surface area (Å²) in [5.41, 5.74) is 4.53. The average Bonchev–Trinajstić information content (AvgIpc) is 3.39. The van der Waals surface area contributed by atoms with Crippen LogP contribution in [0.5, 0.6) is 11.5 Å². The van der Waals surface area contributed by atoms with E-state index < -0.39 is 0 Å². The first-order chi connectivity index (χ1) is 13.3. The number of thiophene rings is 1. The van der Waals surface area contributed by atoms with E-state index in [0.717, 1.165) is 34.8 Å². The van der Waals surface area contributed by atoms with Gasteiger partial charge in [0.25, 0.3) is 0 Å². The molecule has 0 fully saturated rings. The zero-order valence-corrected chi connectivity index (χ0v) is 15.9. The smallest absolute Gasteiger partial charge is 0.214 e. The fourth-order valence-corrected chi connectivity index (χ4v) is 4.46. The lowest BCUT2D eigenvalue weighted by atomic mass is 9.96. The van der Waals surface area contributed by atoms with Gasteiger partial charge in [-0.2, -0.15) is 16.4 Å². The van der Waals surface area contributed by atoms with Crippen LogP contribution < -0.4 is 9.47 Å². The number of hydrazone groups is 1. The molecule has 0 spiro atoms. The van der Waals surface area contributed by atoms with E-state index in [2.05, 4.69) is 52.2 Å². The molecule has 27 heavy (non-hydrogen) atoms. The Hall–Kier alpha value is -2.79. The molecule has 0 bridgehead atoms. The molecule has 3 heterocycles. The lowest BCUT2D eigenvalue weighted by Gasteiger charge is -2.38. The number of hydrogen-bond acceptors (Lipinski definition) is 5. The van der Waals surface area contributed by atoms with Gasteiger partial charge >= 0.3 is 0 Å². The first-order valence-corrected chi connectivity index (χ1v) is 10.1. The third-order valence-corrected chi connectivity index (χ3v) is 5.72. The Morgan fingerprint density at radius 3 is 2.81 bits per heavy atom.